The molecule has 4 aromatic rings. The van der Waals surface area contributed by atoms with Gasteiger partial charge in [-0.05, 0) is 123 Å². The number of rotatable bonds is 8. The summed E-state index contributed by atoms with van der Waals surface area (Å²) < 4.78 is 12.8. The third kappa shape index (κ3) is 6.56. The van der Waals surface area contributed by atoms with Crippen molar-refractivity contribution in [3.63, 3.8) is 0 Å². The summed E-state index contributed by atoms with van der Waals surface area (Å²) in [7, 11) is -0.405. The Morgan fingerprint density at radius 3 is 1.84 bits per heavy atom. The molecular formula is C39H44BNO2. The average molecular weight is 570 g/mol. The Balaban J connectivity index is 1.61. The Morgan fingerprint density at radius 1 is 0.744 bits per heavy atom. The highest BCUT2D eigenvalue weighted by Gasteiger charge is 2.51. The minimum Gasteiger partial charge on any atom is -0.405 e. The van der Waals surface area contributed by atoms with Gasteiger partial charge in [-0.1, -0.05) is 96.9 Å². The smallest absolute Gasteiger partial charge is 0.405 e. The van der Waals surface area contributed by atoms with Crippen molar-refractivity contribution in [2.75, 3.05) is 0 Å². The van der Waals surface area contributed by atoms with Crippen LogP contribution in [-0.2, 0) is 9.31 Å². The summed E-state index contributed by atoms with van der Waals surface area (Å²) in [5.74, 6) is 0.326. The number of hydrogen-bond donors (Lipinski definition) is 1. The fraction of sp³-hybridized carbons (Fsp3) is 0.282. The predicted octanol–water partition coefficient (Wildman–Crippen LogP) is 9.21. The molecule has 0 amide bonds. The molecule has 220 valence electrons. The quantitative estimate of drug-likeness (QED) is 0.170. The minimum absolute atomic E-state index is 0.326. The summed E-state index contributed by atoms with van der Waals surface area (Å²) in [5.41, 5.74) is 16.8. The van der Waals surface area contributed by atoms with Crippen LogP contribution in [0.2, 0.25) is 0 Å². The van der Waals surface area contributed by atoms with E-state index in [4.69, 9.17) is 15.0 Å². The SMILES string of the molecule is CCC(/C(C)=C/C=C\N)c1cccc(-c2cc(-c3cccc(C)c3)cc(-c3cccc(B4OC(C)(C)C(C)(C)O4)c3)c2)c1. The van der Waals surface area contributed by atoms with Crippen LogP contribution >= 0.6 is 0 Å². The molecule has 2 N–H and O–H groups in total. The first-order valence-corrected chi connectivity index (χ1v) is 15.3. The first kappa shape index (κ1) is 30.6. The molecule has 0 bridgehead atoms. The Morgan fingerprint density at radius 2 is 1.28 bits per heavy atom. The Hall–Kier alpha value is -3.86. The summed E-state index contributed by atoms with van der Waals surface area (Å²) >= 11 is 0. The van der Waals surface area contributed by atoms with Gasteiger partial charge in [-0.15, -0.1) is 0 Å². The van der Waals surface area contributed by atoms with Crippen molar-refractivity contribution in [1.82, 2.24) is 0 Å². The van der Waals surface area contributed by atoms with E-state index >= 15 is 0 Å². The monoisotopic (exact) mass is 569 g/mol. The molecule has 1 aliphatic heterocycles. The molecule has 1 atom stereocenters. The highest BCUT2D eigenvalue weighted by molar-refractivity contribution is 6.62. The van der Waals surface area contributed by atoms with Gasteiger partial charge in [-0.2, -0.15) is 0 Å². The largest absolute Gasteiger partial charge is 0.494 e. The van der Waals surface area contributed by atoms with Crippen LogP contribution in [0.1, 0.15) is 65.0 Å². The van der Waals surface area contributed by atoms with Crippen LogP contribution in [0.25, 0.3) is 33.4 Å². The maximum absolute atomic E-state index is 6.39. The second-order valence-corrected chi connectivity index (χ2v) is 12.8. The Kier molecular flexibility index (Phi) is 8.82. The maximum Gasteiger partial charge on any atom is 0.494 e. The van der Waals surface area contributed by atoms with Gasteiger partial charge in [0.15, 0.2) is 0 Å². The lowest BCUT2D eigenvalue weighted by atomic mass is 9.77. The zero-order valence-corrected chi connectivity index (χ0v) is 26.6. The third-order valence-corrected chi connectivity index (χ3v) is 9.08. The Bertz CT molecular complexity index is 1650. The van der Waals surface area contributed by atoms with Gasteiger partial charge >= 0.3 is 7.12 Å². The van der Waals surface area contributed by atoms with Crippen LogP contribution in [0, 0.1) is 6.92 Å². The number of benzene rings is 4. The van der Waals surface area contributed by atoms with Crippen molar-refractivity contribution in [2.24, 2.45) is 5.73 Å². The van der Waals surface area contributed by atoms with E-state index in [1.54, 1.807) is 6.20 Å². The van der Waals surface area contributed by atoms with E-state index in [9.17, 15) is 0 Å². The van der Waals surface area contributed by atoms with Crippen LogP contribution in [0.15, 0.2) is 115 Å². The van der Waals surface area contributed by atoms with Gasteiger partial charge in [0.25, 0.3) is 0 Å². The molecule has 4 aromatic carbocycles. The number of allylic oxidation sites excluding steroid dienone is 3. The molecule has 4 heteroatoms. The van der Waals surface area contributed by atoms with E-state index in [-0.39, 0.29) is 11.2 Å². The molecule has 43 heavy (non-hydrogen) atoms. The van der Waals surface area contributed by atoms with E-state index in [1.807, 2.05) is 6.08 Å². The van der Waals surface area contributed by atoms with E-state index in [2.05, 4.69) is 146 Å². The summed E-state index contributed by atoms with van der Waals surface area (Å²) in [6.07, 6.45) is 6.64. The summed E-state index contributed by atoms with van der Waals surface area (Å²) in [6.45, 7) is 15.0. The fourth-order valence-electron chi connectivity index (χ4n) is 5.88. The van der Waals surface area contributed by atoms with Crippen molar-refractivity contribution < 1.29 is 9.31 Å². The summed E-state index contributed by atoms with van der Waals surface area (Å²) in [5, 5.41) is 0. The van der Waals surface area contributed by atoms with Crippen molar-refractivity contribution in [3.05, 3.63) is 126 Å². The minimum atomic E-state index is -0.405. The van der Waals surface area contributed by atoms with Gasteiger partial charge in [0, 0.05) is 5.92 Å². The van der Waals surface area contributed by atoms with E-state index in [1.165, 1.54) is 39.0 Å². The second-order valence-electron chi connectivity index (χ2n) is 12.8. The van der Waals surface area contributed by atoms with E-state index < -0.39 is 7.12 Å². The highest BCUT2D eigenvalue weighted by Crippen LogP contribution is 2.38. The highest BCUT2D eigenvalue weighted by atomic mass is 16.7. The van der Waals surface area contributed by atoms with Gasteiger partial charge in [0.1, 0.15) is 0 Å². The molecule has 3 nitrogen and oxygen atoms in total. The molecule has 5 rings (SSSR count). The normalized spacial score (nSPS) is 17.0. The van der Waals surface area contributed by atoms with Gasteiger partial charge in [0.05, 0.1) is 11.2 Å². The molecule has 1 unspecified atom stereocenters. The van der Waals surface area contributed by atoms with Gasteiger partial charge < -0.3 is 15.0 Å². The number of aryl methyl sites for hydroxylation is 1. The topological polar surface area (TPSA) is 44.5 Å². The fourth-order valence-corrected chi connectivity index (χ4v) is 5.88. The predicted molar refractivity (Wildman–Crippen MR) is 183 cm³/mol. The molecule has 1 aliphatic rings. The number of nitrogens with two attached hydrogens (primary N) is 1. The van der Waals surface area contributed by atoms with Crippen LogP contribution in [0.4, 0.5) is 0 Å². The average Bonchev–Trinajstić information content (AvgIpc) is 3.22. The van der Waals surface area contributed by atoms with Gasteiger partial charge in [-0.3, -0.25) is 0 Å². The van der Waals surface area contributed by atoms with Crippen molar-refractivity contribution >= 4 is 12.6 Å². The van der Waals surface area contributed by atoms with Crippen molar-refractivity contribution in [2.45, 2.75) is 72.0 Å². The van der Waals surface area contributed by atoms with Crippen LogP contribution in [0.5, 0.6) is 0 Å². The van der Waals surface area contributed by atoms with Crippen LogP contribution < -0.4 is 11.2 Å². The second kappa shape index (κ2) is 12.4. The van der Waals surface area contributed by atoms with Crippen molar-refractivity contribution in [3.8, 4) is 33.4 Å². The lowest BCUT2D eigenvalue weighted by Crippen LogP contribution is -2.41. The molecular weight excluding hydrogens is 525 g/mol. The molecule has 1 saturated heterocycles. The van der Waals surface area contributed by atoms with E-state index in [0.717, 1.165) is 23.0 Å². The molecule has 0 saturated carbocycles. The van der Waals surface area contributed by atoms with Gasteiger partial charge in [-0.25, -0.2) is 0 Å². The molecule has 0 aliphatic carbocycles. The van der Waals surface area contributed by atoms with Crippen LogP contribution in [-0.4, -0.2) is 18.3 Å². The zero-order valence-electron chi connectivity index (χ0n) is 26.6. The maximum atomic E-state index is 6.39. The molecule has 1 heterocycles. The Labute approximate surface area is 258 Å². The zero-order chi connectivity index (χ0) is 30.8. The molecule has 0 radical (unpaired) electrons. The van der Waals surface area contributed by atoms with E-state index in [0.29, 0.717) is 5.92 Å². The van der Waals surface area contributed by atoms with Gasteiger partial charge in [0.2, 0.25) is 0 Å². The number of hydrogen-bond acceptors (Lipinski definition) is 3. The summed E-state index contributed by atoms with van der Waals surface area (Å²) in [6, 6.07) is 33.2. The van der Waals surface area contributed by atoms with Crippen LogP contribution in [0.3, 0.4) is 0 Å². The first-order valence-electron chi connectivity index (χ1n) is 15.3. The molecule has 0 aromatic heterocycles. The lowest BCUT2D eigenvalue weighted by molar-refractivity contribution is 0.00578. The third-order valence-electron chi connectivity index (χ3n) is 9.08. The first-order chi connectivity index (χ1) is 20.5. The van der Waals surface area contributed by atoms with Crippen molar-refractivity contribution in [1.29, 1.82) is 0 Å². The molecule has 1 fully saturated rings. The molecule has 0 spiro atoms. The standard InChI is InChI=1S/C39H44BNO2/c1-8-37(28(3)14-12-20-41)32-18-10-16-30(22-32)34-23-33(29-15-9-13-27(2)21-29)24-35(25-34)31-17-11-19-36(26-31)40-42-38(4,5)39(6,7)43-40/h9-26,37H,8,41H2,1-7H3/b20-12-,28-14+. The lowest BCUT2D eigenvalue weighted by Gasteiger charge is -2.32. The summed E-state index contributed by atoms with van der Waals surface area (Å²) in [4.78, 5) is 0.